The third-order valence-corrected chi connectivity index (χ3v) is 8.90. The van der Waals surface area contributed by atoms with E-state index >= 15 is 0 Å². The van der Waals surface area contributed by atoms with Gasteiger partial charge < -0.3 is 30.5 Å². The summed E-state index contributed by atoms with van der Waals surface area (Å²) in [5, 5.41) is 19.4. The summed E-state index contributed by atoms with van der Waals surface area (Å²) in [4.78, 5) is 40.2. The predicted octanol–water partition coefficient (Wildman–Crippen LogP) is 2.99. The van der Waals surface area contributed by atoms with Crippen molar-refractivity contribution in [2.45, 2.75) is 108 Å². The largest absolute Gasteiger partial charge is 0.497 e. The van der Waals surface area contributed by atoms with Crippen LogP contribution in [0, 0.1) is 5.41 Å². The first-order chi connectivity index (χ1) is 19.5. The molecule has 9 heteroatoms. The number of aliphatic hydroxyl groups is 1. The number of ether oxygens (including phenoxy) is 2. The molecule has 0 aromatic heterocycles. The minimum absolute atomic E-state index is 0.0250. The maximum absolute atomic E-state index is 13.7. The molecule has 0 unspecified atom stereocenters. The Bertz CT molecular complexity index is 1100. The molecule has 1 aromatic carbocycles. The van der Waals surface area contributed by atoms with Crippen molar-refractivity contribution in [2.75, 3.05) is 20.3 Å². The number of allylic oxidation sites excluding steroid dienone is 1. The summed E-state index contributed by atoms with van der Waals surface area (Å²) >= 11 is 0. The molecule has 1 aromatic rings. The van der Waals surface area contributed by atoms with Crippen LogP contribution in [0.2, 0.25) is 0 Å². The zero-order valence-corrected chi connectivity index (χ0v) is 25.0. The fourth-order valence-corrected chi connectivity index (χ4v) is 5.78. The number of hydrogen-bond acceptors (Lipinski definition) is 7. The van der Waals surface area contributed by atoms with Gasteiger partial charge in [-0.1, -0.05) is 30.7 Å². The SMILES string of the molecule is COc1ccc(C[C@H](NC[C@@H](C)NC(=O)C2(C)CCC(O)CC2)C(=O)N[C@@H](CC2=CCCC2)C(=O)[C@@]2(C)CO2)cc1. The van der Waals surface area contributed by atoms with Crippen LogP contribution >= 0.6 is 0 Å². The molecule has 9 nitrogen and oxygen atoms in total. The Morgan fingerprint density at radius 1 is 1.07 bits per heavy atom. The van der Waals surface area contributed by atoms with E-state index in [0.717, 1.165) is 30.6 Å². The number of ketones is 1. The van der Waals surface area contributed by atoms with Gasteiger partial charge in [-0.05, 0) is 89.3 Å². The van der Waals surface area contributed by atoms with E-state index in [-0.39, 0.29) is 29.7 Å². The third kappa shape index (κ3) is 8.40. The van der Waals surface area contributed by atoms with E-state index in [2.05, 4.69) is 22.0 Å². The minimum atomic E-state index is -0.833. The predicted molar refractivity (Wildman–Crippen MR) is 157 cm³/mol. The van der Waals surface area contributed by atoms with Crippen LogP contribution in [0.5, 0.6) is 5.75 Å². The van der Waals surface area contributed by atoms with Gasteiger partial charge >= 0.3 is 0 Å². The number of carbonyl (C=O) groups excluding carboxylic acids is 3. The molecule has 1 saturated heterocycles. The van der Waals surface area contributed by atoms with Crippen LogP contribution in [0.15, 0.2) is 35.9 Å². The molecule has 3 aliphatic rings. The van der Waals surface area contributed by atoms with Crippen molar-refractivity contribution >= 4 is 17.6 Å². The number of epoxide rings is 1. The topological polar surface area (TPSA) is 129 Å². The van der Waals surface area contributed by atoms with Crippen molar-refractivity contribution in [3.8, 4) is 5.75 Å². The molecule has 2 fully saturated rings. The molecular weight excluding hydrogens is 522 g/mol. The normalized spacial score (nSPS) is 27.7. The number of Topliss-reactive ketones (excluding diaryl/α,β-unsaturated/α-hetero) is 1. The van der Waals surface area contributed by atoms with Crippen molar-refractivity contribution in [3.05, 3.63) is 41.5 Å². The number of hydrogen-bond donors (Lipinski definition) is 4. The smallest absolute Gasteiger partial charge is 0.238 e. The first-order valence-corrected chi connectivity index (χ1v) is 15.0. The summed E-state index contributed by atoms with van der Waals surface area (Å²) in [5.41, 5.74) is 0.812. The lowest BCUT2D eigenvalue weighted by Gasteiger charge is -2.35. The van der Waals surface area contributed by atoms with Gasteiger partial charge in [0.15, 0.2) is 5.78 Å². The number of rotatable bonds is 14. The zero-order chi connectivity index (χ0) is 29.6. The second-order valence-electron chi connectivity index (χ2n) is 12.6. The number of carbonyl (C=O) groups is 3. The monoisotopic (exact) mass is 569 g/mol. The molecule has 226 valence electrons. The van der Waals surface area contributed by atoms with Gasteiger partial charge in [-0.3, -0.25) is 14.4 Å². The van der Waals surface area contributed by atoms with Crippen molar-refractivity contribution in [1.29, 1.82) is 0 Å². The highest BCUT2D eigenvalue weighted by atomic mass is 16.6. The van der Waals surface area contributed by atoms with Gasteiger partial charge in [0.2, 0.25) is 11.8 Å². The minimum Gasteiger partial charge on any atom is -0.497 e. The van der Waals surface area contributed by atoms with Crippen molar-refractivity contribution in [1.82, 2.24) is 16.0 Å². The number of methoxy groups -OCH3 is 1. The van der Waals surface area contributed by atoms with Gasteiger partial charge in [0.1, 0.15) is 11.4 Å². The Kier molecular flexibility index (Phi) is 10.3. The standard InChI is InChI=1S/C32H47N3O6/c1-21(34-30(39)31(2)15-13-24(36)14-16-31)19-33-27(18-23-9-11-25(40-4)12-10-23)29(38)35-26(17-22-7-5-6-8-22)28(37)32(3)20-41-32/h7,9-12,21,24,26-27,33,36H,5-6,8,13-20H2,1-4H3,(H,34,39)(H,35,38)/t21-,24?,26+,27+,31?,32-/m1/s1. The Hall–Kier alpha value is -2.75. The molecule has 0 bridgehead atoms. The van der Waals surface area contributed by atoms with E-state index < -0.39 is 23.1 Å². The molecule has 2 aliphatic carbocycles. The molecule has 1 heterocycles. The van der Waals surface area contributed by atoms with E-state index in [1.54, 1.807) is 14.0 Å². The van der Waals surface area contributed by atoms with E-state index in [1.165, 1.54) is 5.57 Å². The molecule has 0 spiro atoms. The van der Waals surface area contributed by atoms with Gasteiger partial charge in [0, 0.05) is 18.0 Å². The molecule has 4 rings (SSSR count). The second-order valence-corrected chi connectivity index (χ2v) is 12.6. The van der Waals surface area contributed by atoms with Gasteiger partial charge in [0.05, 0.1) is 31.9 Å². The third-order valence-electron chi connectivity index (χ3n) is 8.90. The van der Waals surface area contributed by atoms with Gasteiger partial charge in [-0.2, -0.15) is 0 Å². The van der Waals surface area contributed by atoms with Gasteiger partial charge in [-0.25, -0.2) is 0 Å². The fraction of sp³-hybridized carbons (Fsp3) is 0.656. The first kappa shape index (κ1) is 31.2. The first-order valence-electron chi connectivity index (χ1n) is 15.0. The van der Waals surface area contributed by atoms with Gasteiger partial charge in [0.25, 0.3) is 0 Å². The Morgan fingerprint density at radius 2 is 1.76 bits per heavy atom. The van der Waals surface area contributed by atoms with E-state index in [0.29, 0.717) is 51.7 Å². The molecular formula is C32H47N3O6. The summed E-state index contributed by atoms with van der Waals surface area (Å²) in [7, 11) is 1.61. The van der Waals surface area contributed by atoms with E-state index in [9.17, 15) is 19.5 Å². The quantitative estimate of drug-likeness (QED) is 0.200. The average Bonchev–Trinajstić information content (AvgIpc) is 3.50. The van der Waals surface area contributed by atoms with Crippen LogP contribution in [-0.4, -0.2) is 72.8 Å². The highest BCUT2D eigenvalue weighted by Crippen LogP contribution is 2.36. The lowest BCUT2D eigenvalue weighted by Crippen LogP contribution is -2.55. The fourth-order valence-electron chi connectivity index (χ4n) is 5.78. The number of amides is 2. The van der Waals surface area contributed by atoms with Crippen LogP contribution in [0.3, 0.4) is 0 Å². The van der Waals surface area contributed by atoms with Crippen LogP contribution in [-0.2, 0) is 25.5 Å². The van der Waals surface area contributed by atoms with E-state index in [1.807, 2.05) is 38.1 Å². The summed E-state index contributed by atoms with van der Waals surface area (Å²) < 4.78 is 10.7. The van der Waals surface area contributed by atoms with E-state index in [4.69, 9.17) is 9.47 Å². The molecule has 1 saturated carbocycles. The lowest BCUT2D eigenvalue weighted by molar-refractivity contribution is -0.133. The molecule has 2 amide bonds. The van der Waals surface area contributed by atoms with Crippen molar-refractivity contribution in [2.24, 2.45) is 5.41 Å². The van der Waals surface area contributed by atoms with Gasteiger partial charge in [-0.15, -0.1) is 0 Å². The number of nitrogens with one attached hydrogen (secondary N) is 3. The highest BCUT2D eigenvalue weighted by Gasteiger charge is 2.50. The Balaban J connectivity index is 1.43. The van der Waals surface area contributed by atoms with Crippen LogP contribution in [0.4, 0.5) is 0 Å². The summed E-state index contributed by atoms with van der Waals surface area (Å²) in [6.45, 7) is 6.40. The molecule has 4 N–H and O–H groups in total. The Morgan fingerprint density at radius 3 is 2.34 bits per heavy atom. The highest BCUT2D eigenvalue weighted by molar-refractivity contribution is 5.97. The summed E-state index contributed by atoms with van der Waals surface area (Å²) in [6, 6.07) is 6.07. The lowest BCUT2D eigenvalue weighted by atomic mass is 9.74. The maximum Gasteiger partial charge on any atom is 0.238 e. The zero-order valence-electron chi connectivity index (χ0n) is 25.0. The summed E-state index contributed by atoms with van der Waals surface area (Å²) in [5.74, 6) is 0.362. The average molecular weight is 570 g/mol. The van der Waals surface area contributed by atoms with Crippen LogP contribution in [0.25, 0.3) is 0 Å². The second kappa shape index (κ2) is 13.5. The van der Waals surface area contributed by atoms with Crippen LogP contribution < -0.4 is 20.7 Å². The number of benzene rings is 1. The van der Waals surface area contributed by atoms with Crippen molar-refractivity contribution < 1.29 is 29.0 Å². The summed E-state index contributed by atoms with van der Waals surface area (Å²) in [6.07, 6.45) is 8.32. The molecule has 1 aliphatic heterocycles. The molecule has 41 heavy (non-hydrogen) atoms. The van der Waals surface area contributed by atoms with Crippen LogP contribution in [0.1, 0.15) is 77.7 Å². The Labute approximate surface area is 243 Å². The molecule has 4 atom stereocenters. The molecule has 0 radical (unpaired) electrons. The van der Waals surface area contributed by atoms with Crippen molar-refractivity contribution in [3.63, 3.8) is 0 Å². The maximum atomic E-state index is 13.7. The number of aliphatic hydroxyl groups excluding tert-OH is 1.